The minimum atomic E-state index is 0.0757. The molecule has 0 radical (unpaired) electrons. The highest BCUT2D eigenvalue weighted by atomic mass is 16.1. The van der Waals surface area contributed by atoms with Crippen molar-refractivity contribution < 1.29 is 4.79 Å². The molecule has 4 heteroatoms. The topological polar surface area (TPSA) is 58.4 Å². The van der Waals surface area contributed by atoms with E-state index in [1.54, 1.807) is 0 Å². The molecule has 0 spiro atoms. The molecule has 19 heavy (non-hydrogen) atoms. The lowest BCUT2D eigenvalue weighted by molar-refractivity contribution is -0.121. The number of rotatable bonds is 7. The molecule has 4 nitrogen and oxygen atoms in total. The second-order valence-electron chi connectivity index (χ2n) is 5.26. The molecule has 1 rings (SSSR count). The smallest absolute Gasteiger partial charge is 0.224 e. The van der Waals surface area contributed by atoms with Crippen LogP contribution in [0.4, 0.5) is 0 Å². The second-order valence-corrected chi connectivity index (χ2v) is 5.26. The van der Waals surface area contributed by atoms with Gasteiger partial charge >= 0.3 is 0 Å². The van der Waals surface area contributed by atoms with Gasteiger partial charge in [-0.15, -0.1) is 0 Å². The average Bonchev–Trinajstić information content (AvgIpc) is 2.37. The number of nitrogens with one attached hydrogen (secondary N) is 1. The molecule has 0 aliphatic rings. The standard InChI is InChI=1S/C15H25N3O/c1-12(8-9-18(2)3)17-15(19)10-13-4-6-14(11-16)7-5-13/h4-7,12H,8-11,16H2,1-3H3,(H,17,19). The number of amides is 1. The third-order valence-corrected chi connectivity index (χ3v) is 3.04. The van der Waals surface area contributed by atoms with Gasteiger partial charge in [-0.05, 0) is 45.1 Å². The van der Waals surface area contributed by atoms with Crippen LogP contribution >= 0.6 is 0 Å². The van der Waals surface area contributed by atoms with Crippen LogP contribution in [0.15, 0.2) is 24.3 Å². The van der Waals surface area contributed by atoms with Gasteiger partial charge in [0.05, 0.1) is 6.42 Å². The van der Waals surface area contributed by atoms with E-state index in [2.05, 4.69) is 10.2 Å². The summed E-state index contributed by atoms with van der Waals surface area (Å²) < 4.78 is 0. The summed E-state index contributed by atoms with van der Waals surface area (Å²) in [7, 11) is 4.07. The maximum atomic E-state index is 11.9. The molecule has 1 aromatic rings. The Morgan fingerprint density at radius 2 is 1.84 bits per heavy atom. The quantitative estimate of drug-likeness (QED) is 0.775. The van der Waals surface area contributed by atoms with Crippen LogP contribution in [-0.4, -0.2) is 37.5 Å². The SMILES string of the molecule is CC(CCN(C)C)NC(=O)Cc1ccc(CN)cc1. The monoisotopic (exact) mass is 263 g/mol. The lowest BCUT2D eigenvalue weighted by Gasteiger charge is -2.16. The van der Waals surface area contributed by atoms with E-state index < -0.39 is 0 Å². The van der Waals surface area contributed by atoms with Crippen molar-refractivity contribution in [1.82, 2.24) is 10.2 Å². The molecule has 3 N–H and O–H groups in total. The first-order valence-electron chi connectivity index (χ1n) is 6.73. The van der Waals surface area contributed by atoms with Gasteiger partial charge in [0.1, 0.15) is 0 Å². The van der Waals surface area contributed by atoms with Gasteiger partial charge in [0.15, 0.2) is 0 Å². The summed E-state index contributed by atoms with van der Waals surface area (Å²) in [6.07, 6.45) is 1.39. The summed E-state index contributed by atoms with van der Waals surface area (Å²) >= 11 is 0. The van der Waals surface area contributed by atoms with Crippen LogP contribution in [0.1, 0.15) is 24.5 Å². The predicted molar refractivity (Wildman–Crippen MR) is 78.8 cm³/mol. The number of nitrogens with two attached hydrogens (primary N) is 1. The lowest BCUT2D eigenvalue weighted by Crippen LogP contribution is -2.35. The van der Waals surface area contributed by atoms with Crippen LogP contribution in [-0.2, 0) is 17.8 Å². The average molecular weight is 263 g/mol. The summed E-state index contributed by atoms with van der Waals surface area (Å²) in [4.78, 5) is 14.0. The lowest BCUT2D eigenvalue weighted by atomic mass is 10.1. The van der Waals surface area contributed by atoms with E-state index in [-0.39, 0.29) is 11.9 Å². The van der Waals surface area contributed by atoms with Gasteiger partial charge < -0.3 is 16.0 Å². The van der Waals surface area contributed by atoms with Gasteiger partial charge in [-0.1, -0.05) is 24.3 Å². The van der Waals surface area contributed by atoms with Crippen LogP contribution in [0.25, 0.3) is 0 Å². The Morgan fingerprint density at radius 1 is 1.26 bits per heavy atom. The summed E-state index contributed by atoms with van der Waals surface area (Å²) in [5.41, 5.74) is 7.65. The second kappa shape index (κ2) is 7.92. The fourth-order valence-corrected chi connectivity index (χ4v) is 1.83. The zero-order valence-corrected chi connectivity index (χ0v) is 12.1. The van der Waals surface area contributed by atoms with Crippen LogP contribution < -0.4 is 11.1 Å². The first-order valence-corrected chi connectivity index (χ1v) is 6.73. The molecule has 0 aromatic heterocycles. The van der Waals surface area contributed by atoms with Crippen molar-refractivity contribution >= 4 is 5.91 Å². The molecule has 0 heterocycles. The fourth-order valence-electron chi connectivity index (χ4n) is 1.83. The van der Waals surface area contributed by atoms with E-state index in [0.29, 0.717) is 13.0 Å². The molecule has 0 bridgehead atoms. The molecule has 0 aliphatic carbocycles. The number of hydrogen-bond acceptors (Lipinski definition) is 3. The maximum Gasteiger partial charge on any atom is 0.224 e. The molecule has 106 valence electrons. The zero-order chi connectivity index (χ0) is 14.3. The zero-order valence-electron chi connectivity index (χ0n) is 12.1. The molecule has 1 aromatic carbocycles. The molecule has 0 saturated carbocycles. The fraction of sp³-hybridized carbons (Fsp3) is 0.533. The Bertz CT molecular complexity index is 387. The Kier molecular flexibility index (Phi) is 6.53. The van der Waals surface area contributed by atoms with Gasteiger partial charge in [0, 0.05) is 12.6 Å². The number of hydrogen-bond donors (Lipinski definition) is 2. The van der Waals surface area contributed by atoms with Crippen molar-refractivity contribution in [3.63, 3.8) is 0 Å². The maximum absolute atomic E-state index is 11.9. The van der Waals surface area contributed by atoms with Crippen LogP contribution in [0.5, 0.6) is 0 Å². The third kappa shape index (κ3) is 6.36. The number of benzene rings is 1. The highest BCUT2D eigenvalue weighted by Crippen LogP contribution is 2.05. The van der Waals surface area contributed by atoms with Crippen molar-refractivity contribution in [1.29, 1.82) is 0 Å². The summed E-state index contributed by atoms with van der Waals surface area (Å²) in [6, 6.07) is 8.08. The van der Waals surface area contributed by atoms with Crippen LogP contribution in [0.3, 0.4) is 0 Å². The highest BCUT2D eigenvalue weighted by molar-refractivity contribution is 5.78. The van der Waals surface area contributed by atoms with Crippen molar-refractivity contribution in [2.24, 2.45) is 5.73 Å². The molecule has 0 aliphatic heterocycles. The predicted octanol–water partition coefficient (Wildman–Crippen LogP) is 1.14. The summed E-state index contributed by atoms with van der Waals surface area (Å²) in [5, 5.41) is 3.02. The molecule has 0 saturated heterocycles. The minimum absolute atomic E-state index is 0.0757. The Hall–Kier alpha value is -1.39. The van der Waals surface area contributed by atoms with Crippen LogP contribution in [0, 0.1) is 0 Å². The molecule has 1 unspecified atom stereocenters. The number of nitrogens with zero attached hydrogens (tertiary/aromatic N) is 1. The van der Waals surface area contributed by atoms with Gasteiger partial charge in [-0.2, -0.15) is 0 Å². The van der Waals surface area contributed by atoms with Crippen molar-refractivity contribution in [2.75, 3.05) is 20.6 Å². The van der Waals surface area contributed by atoms with Crippen molar-refractivity contribution in [3.8, 4) is 0 Å². The highest BCUT2D eigenvalue weighted by Gasteiger charge is 2.08. The molecular weight excluding hydrogens is 238 g/mol. The van der Waals surface area contributed by atoms with Crippen LogP contribution in [0.2, 0.25) is 0 Å². The number of carbonyl (C=O) groups is 1. The number of carbonyl (C=O) groups excluding carboxylic acids is 1. The first-order chi connectivity index (χ1) is 9.01. The summed E-state index contributed by atoms with van der Waals surface area (Å²) in [6.45, 7) is 3.56. The Morgan fingerprint density at radius 3 is 2.37 bits per heavy atom. The van der Waals surface area contributed by atoms with Gasteiger partial charge in [-0.3, -0.25) is 4.79 Å². The van der Waals surface area contributed by atoms with E-state index in [9.17, 15) is 4.79 Å². The van der Waals surface area contributed by atoms with E-state index in [1.165, 1.54) is 0 Å². The molecular formula is C15H25N3O. The van der Waals surface area contributed by atoms with E-state index in [1.807, 2.05) is 45.3 Å². The Labute approximate surface area is 116 Å². The van der Waals surface area contributed by atoms with E-state index >= 15 is 0 Å². The summed E-state index contributed by atoms with van der Waals surface area (Å²) in [5.74, 6) is 0.0757. The third-order valence-electron chi connectivity index (χ3n) is 3.04. The van der Waals surface area contributed by atoms with E-state index in [0.717, 1.165) is 24.1 Å². The largest absolute Gasteiger partial charge is 0.353 e. The van der Waals surface area contributed by atoms with Crippen molar-refractivity contribution in [2.45, 2.75) is 32.4 Å². The normalized spacial score (nSPS) is 12.5. The van der Waals surface area contributed by atoms with E-state index in [4.69, 9.17) is 5.73 Å². The molecule has 1 atom stereocenters. The molecule has 0 fully saturated rings. The van der Waals surface area contributed by atoms with Gasteiger partial charge in [-0.25, -0.2) is 0 Å². The van der Waals surface area contributed by atoms with Gasteiger partial charge in [0.2, 0.25) is 5.91 Å². The van der Waals surface area contributed by atoms with Gasteiger partial charge in [0.25, 0.3) is 0 Å². The minimum Gasteiger partial charge on any atom is -0.353 e. The first kappa shape index (κ1) is 15.7. The Balaban J connectivity index is 2.37. The molecule has 1 amide bonds. The van der Waals surface area contributed by atoms with Crippen molar-refractivity contribution in [3.05, 3.63) is 35.4 Å².